The van der Waals surface area contributed by atoms with Crippen molar-refractivity contribution in [1.29, 1.82) is 0 Å². The molecule has 0 aliphatic rings. The Bertz CT molecular complexity index is 286. The van der Waals surface area contributed by atoms with Crippen LogP contribution in [-0.2, 0) is 0 Å². The fourth-order valence-electron chi connectivity index (χ4n) is 1.02. The minimum atomic E-state index is 0.603. The molecule has 0 aliphatic heterocycles. The first-order valence-electron chi connectivity index (χ1n) is 3.84. The molecule has 12 heavy (non-hydrogen) atoms. The third-order valence-electron chi connectivity index (χ3n) is 1.66. The summed E-state index contributed by atoms with van der Waals surface area (Å²) >= 11 is 5.89. The molecule has 0 aliphatic carbocycles. The van der Waals surface area contributed by atoms with E-state index in [1.165, 1.54) is 0 Å². The van der Waals surface area contributed by atoms with Gasteiger partial charge in [0.1, 0.15) is 5.75 Å². The fourth-order valence-corrected chi connectivity index (χ4v) is 1.17. The van der Waals surface area contributed by atoms with Crippen molar-refractivity contribution in [2.24, 2.45) is 0 Å². The molecule has 1 rings (SSSR count). The standard InChI is InChI=1S/C9H12ClNO/c1-3-12-9-6(2)7(10)4-5-8(9)11/h4-5H,3,11H2,1-2H3. The van der Waals surface area contributed by atoms with E-state index in [-0.39, 0.29) is 0 Å². The van der Waals surface area contributed by atoms with Gasteiger partial charge in [-0.15, -0.1) is 0 Å². The lowest BCUT2D eigenvalue weighted by Gasteiger charge is -2.10. The van der Waals surface area contributed by atoms with E-state index in [1.807, 2.05) is 13.8 Å². The van der Waals surface area contributed by atoms with Crippen LogP contribution in [0.3, 0.4) is 0 Å². The van der Waals surface area contributed by atoms with Crippen LogP contribution in [0.4, 0.5) is 5.69 Å². The Morgan fingerprint density at radius 1 is 1.50 bits per heavy atom. The number of ether oxygens (including phenoxy) is 1. The van der Waals surface area contributed by atoms with Crippen molar-refractivity contribution in [1.82, 2.24) is 0 Å². The largest absolute Gasteiger partial charge is 0.491 e. The van der Waals surface area contributed by atoms with E-state index in [0.717, 1.165) is 5.56 Å². The molecule has 0 unspecified atom stereocenters. The number of hydrogen-bond donors (Lipinski definition) is 1. The number of nitrogens with two attached hydrogens (primary N) is 1. The molecule has 3 heteroatoms. The second-order valence-electron chi connectivity index (χ2n) is 2.52. The molecule has 0 spiro atoms. The first-order chi connectivity index (χ1) is 5.66. The minimum absolute atomic E-state index is 0.603. The first-order valence-corrected chi connectivity index (χ1v) is 4.22. The van der Waals surface area contributed by atoms with Crippen molar-refractivity contribution in [3.63, 3.8) is 0 Å². The summed E-state index contributed by atoms with van der Waals surface area (Å²) in [7, 11) is 0. The lowest BCUT2D eigenvalue weighted by atomic mass is 10.2. The van der Waals surface area contributed by atoms with E-state index < -0.39 is 0 Å². The van der Waals surface area contributed by atoms with E-state index in [9.17, 15) is 0 Å². The summed E-state index contributed by atoms with van der Waals surface area (Å²) < 4.78 is 5.34. The zero-order valence-corrected chi connectivity index (χ0v) is 7.98. The van der Waals surface area contributed by atoms with E-state index in [2.05, 4.69) is 0 Å². The van der Waals surface area contributed by atoms with Gasteiger partial charge in [0.2, 0.25) is 0 Å². The van der Waals surface area contributed by atoms with Gasteiger partial charge in [-0.25, -0.2) is 0 Å². The molecule has 0 bridgehead atoms. The van der Waals surface area contributed by atoms with Crippen molar-refractivity contribution in [2.45, 2.75) is 13.8 Å². The highest BCUT2D eigenvalue weighted by Gasteiger charge is 2.06. The van der Waals surface area contributed by atoms with Crippen molar-refractivity contribution in [3.05, 3.63) is 22.7 Å². The second kappa shape index (κ2) is 3.68. The molecule has 0 saturated heterocycles. The summed E-state index contributed by atoms with van der Waals surface area (Å²) in [6.45, 7) is 4.41. The molecular formula is C9H12ClNO. The summed E-state index contributed by atoms with van der Waals surface area (Å²) in [4.78, 5) is 0. The highest BCUT2D eigenvalue weighted by atomic mass is 35.5. The number of rotatable bonds is 2. The predicted octanol–water partition coefficient (Wildman–Crippen LogP) is 2.63. The Labute approximate surface area is 77.3 Å². The van der Waals surface area contributed by atoms with Crippen LogP contribution in [-0.4, -0.2) is 6.61 Å². The quantitative estimate of drug-likeness (QED) is 0.719. The third kappa shape index (κ3) is 1.64. The average Bonchev–Trinajstić information content (AvgIpc) is 2.06. The lowest BCUT2D eigenvalue weighted by molar-refractivity contribution is 0.340. The number of nitrogen functional groups attached to an aromatic ring is 1. The molecule has 0 amide bonds. The number of hydrogen-bond acceptors (Lipinski definition) is 2. The zero-order chi connectivity index (χ0) is 9.14. The monoisotopic (exact) mass is 185 g/mol. The molecule has 1 aromatic rings. The molecular weight excluding hydrogens is 174 g/mol. The topological polar surface area (TPSA) is 35.2 Å². The minimum Gasteiger partial charge on any atom is -0.491 e. The summed E-state index contributed by atoms with van der Waals surface area (Å²) in [6, 6.07) is 3.52. The maximum Gasteiger partial charge on any atom is 0.146 e. The fraction of sp³-hybridized carbons (Fsp3) is 0.333. The predicted molar refractivity (Wildman–Crippen MR) is 51.8 cm³/mol. The normalized spacial score (nSPS) is 9.92. The first kappa shape index (κ1) is 9.20. The smallest absolute Gasteiger partial charge is 0.146 e. The molecule has 0 fully saturated rings. The SMILES string of the molecule is CCOc1c(N)ccc(Cl)c1C. The van der Waals surface area contributed by atoms with E-state index in [0.29, 0.717) is 23.1 Å². The molecule has 66 valence electrons. The maximum absolute atomic E-state index is 5.89. The Morgan fingerprint density at radius 3 is 2.75 bits per heavy atom. The summed E-state index contributed by atoms with van der Waals surface area (Å²) in [6.07, 6.45) is 0. The molecule has 0 radical (unpaired) electrons. The Balaban J connectivity index is 3.14. The Kier molecular flexibility index (Phi) is 2.82. The summed E-state index contributed by atoms with van der Waals surface area (Å²) in [5.41, 5.74) is 7.23. The van der Waals surface area contributed by atoms with Crippen molar-refractivity contribution in [2.75, 3.05) is 12.3 Å². The molecule has 2 nitrogen and oxygen atoms in total. The second-order valence-corrected chi connectivity index (χ2v) is 2.93. The third-order valence-corrected chi connectivity index (χ3v) is 2.07. The van der Waals surface area contributed by atoms with Crippen LogP contribution >= 0.6 is 11.6 Å². The van der Waals surface area contributed by atoms with Crippen molar-refractivity contribution >= 4 is 17.3 Å². The van der Waals surface area contributed by atoms with Gasteiger partial charge in [-0.05, 0) is 26.0 Å². The summed E-state index contributed by atoms with van der Waals surface area (Å²) in [5.74, 6) is 0.699. The van der Waals surface area contributed by atoms with E-state index >= 15 is 0 Å². The van der Waals surface area contributed by atoms with Crippen LogP contribution in [0, 0.1) is 6.92 Å². The number of anilines is 1. The van der Waals surface area contributed by atoms with Crippen LogP contribution in [0.25, 0.3) is 0 Å². The van der Waals surface area contributed by atoms with Gasteiger partial charge in [0.15, 0.2) is 0 Å². The molecule has 1 aromatic carbocycles. The van der Waals surface area contributed by atoms with Gasteiger partial charge in [-0.2, -0.15) is 0 Å². The Hall–Kier alpha value is -0.890. The average molecular weight is 186 g/mol. The summed E-state index contributed by atoms with van der Waals surface area (Å²) in [5, 5.41) is 0.688. The van der Waals surface area contributed by atoms with Gasteiger partial charge in [0.05, 0.1) is 12.3 Å². The highest BCUT2D eigenvalue weighted by molar-refractivity contribution is 6.31. The van der Waals surface area contributed by atoms with Crippen LogP contribution in [0.15, 0.2) is 12.1 Å². The van der Waals surface area contributed by atoms with E-state index in [4.69, 9.17) is 22.1 Å². The maximum atomic E-state index is 5.89. The van der Waals surface area contributed by atoms with E-state index in [1.54, 1.807) is 12.1 Å². The van der Waals surface area contributed by atoms with Gasteiger partial charge in [0.25, 0.3) is 0 Å². The molecule has 0 heterocycles. The van der Waals surface area contributed by atoms with Crippen LogP contribution in [0.2, 0.25) is 5.02 Å². The lowest BCUT2D eigenvalue weighted by Crippen LogP contribution is -1.99. The van der Waals surface area contributed by atoms with Crippen molar-refractivity contribution < 1.29 is 4.74 Å². The molecule has 2 N–H and O–H groups in total. The van der Waals surface area contributed by atoms with Crippen LogP contribution in [0.5, 0.6) is 5.75 Å². The number of benzene rings is 1. The zero-order valence-electron chi connectivity index (χ0n) is 7.23. The number of halogens is 1. The highest BCUT2D eigenvalue weighted by Crippen LogP contribution is 2.31. The molecule has 0 atom stereocenters. The molecule has 0 saturated carbocycles. The van der Waals surface area contributed by atoms with Gasteiger partial charge >= 0.3 is 0 Å². The van der Waals surface area contributed by atoms with Gasteiger partial charge < -0.3 is 10.5 Å². The van der Waals surface area contributed by atoms with Crippen LogP contribution in [0.1, 0.15) is 12.5 Å². The van der Waals surface area contributed by atoms with Crippen LogP contribution < -0.4 is 10.5 Å². The van der Waals surface area contributed by atoms with Gasteiger partial charge in [-0.1, -0.05) is 11.6 Å². The van der Waals surface area contributed by atoms with Crippen molar-refractivity contribution in [3.8, 4) is 5.75 Å². The Morgan fingerprint density at radius 2 is 2.17 bits per heavy atom. The molecule has 0 aromatic heterocycles. The van der Waals surface area contributed by atoms with Gasteiger partial charge in [0, 0.05) is 10.6 Å². The van der Waals surface area contributed by atoms with Gasteiger partial charge in [-0.3, -0.25) is 0 Å².